The molecule has 1 heterocycles. The van der Waals surface area contributed by atoms with Crippen LogP contribution in [0, 0.1) is 10.1 Å². The maximum absolute atomic E-state index is 11.1. The highest BCUT2D eigenvalue weighted by molar-refractivity contribution is 5.68. The first-order valence-electron chi connectivity index (χ1n) is 6.04. The number of ether oxygens (including phenoxy) is 1. The van der Waals surface area contributed by atoms with Crippen molar-refractivity contribution in [2.45, 2.75) is 13.1 Å². The first-order chi connectivity index (χ1) is 9.69. The van der Waals surface area contributed by atoms with Crippen LogP contribution in [0.25, 0.3) is 11.4 Å². The number of rotatable bonds is 6. The third-order valence-corrected chi connectivity index (χ3v) is 2.87. The topological polar surface area (TPSA) is 109 Å². The molecule has 0 amide bonds. The Morgan fingerprint density at radius 2 is 2.15 bits per heavy atom. The highest BCUT2D eigenvalue weighted by Gasteiger charge is 2.21. The number of nitrogens with two attached hydrogens (primary N) is 1. The van der Waals surface area contributed by atoms with Gasteiger partial charge >= 0.3 is 0 Å². The zero-order valence-corrected chi connectivity index (χ0v) is 11.0. The van der Waals surface area contributed by atoms with Gasteiger partial charge in [-0.1, -0.05) is 12.1 Å². The molecule has 0 aliphatic carbocycles. The van der Waals surface area contributed by atoms with E-state index < -0.39 is 4.92 Å². The van der Waals surface area contributed by atoms with Crippen LogP contribution in [-0.2, 0) is 17.8 Å². The van der Waals surface area contributed by atoms with E-state index in [2.05, 4.69) is 10.2 Å². The summed E-state index contributed by atoms with van der Waals surface area (Å²) in [4.78, 5) is 10.7. The molecule has 0 radical (unpaired) electrons. The van der Waals surface area contributed by atoms with Crippen LogP contribution in [0.1, 0.15) is 5.82 Å². The van der Waals surface area contributed by atoms with Crippen LogP contribution in [0.5, 0.6) is 0 Å². The fourth-order valence-electron chi connectivity index (χ4n) is 1.93. The van der Waals surface area contributed by atoms with E-state index in [-0.39, 0.29) is 12.2 Å². The lowest BCUT2D eigenvalue weighted by molar-refractivity contribution is -0.384. The third kappa shape index (κ3) is 2.65. The summed E-state index contributed by atoms with van der Waals surface area (Å²) in [7, 11) is 1.58. The van der Waals surface area contributed by atoms with E-state index in [0.717, 1.165) is 0 Å². The zero-order chi connectivity index (χ0) is 14.5. The van der Waals surface area contributed by atoms with Gasteiger partial charge in [0.2, 0.25) is 0 Å². The zero-order valence-electron chi connectivity index (χ0n) is 11.0. The minimum atomic E-state index is -0.438. The number of nitro benzene ring substituents is 1. The number of nitrogens with zero attached hydrogens (tertiary/aromatic N) is 4. The molecule has 2 aromatic rings. The van der Waals surface area contributed by atoms with Gasteiger partial charge in [0.05, 0.1) is 23.6 Å². The Bertz CT molecular complexity index is 611. The van der Waals surface area contributed by atoms with E-state index in [9.17, 15) is 10.1 Å². The average molecular weight is 277 g/mol. The maximum atomic E-state index is 11.1. The molecular formula is C12H15N5O3. The molecule has 106 valence electrons. The Kier molecular flexibility index (Phi) is 4.38. The molecule has 0 aliphatic heterocycles. The molecule has 2 rings (SSSR count). The summed E-state index contributed by atoms with van der Waals surface area (Å²) in [6.45, 7) is 1.13. The Labute approximate surface area is 115 Å². The predicted octanol–water partition coefficient (Wildman–Crippen LogP) is 0.958. The fraction of sp³-hybridized carbons (Fsp3) is 0.333. The number of hydrogen-bond donors (Lipinski definition) is 1. The summed E-state index contributed by atoms with van der Waals surface area (Å²) in [5.41, 5.74) is 6.02. The number of hydrogen-bond acceptors (Lipinski definition) is 6. The molecule has 0 fully saturated rings. The molecule has 20 heavy (non-hydrogen) atoms. The minimum Gasteiger partial charge on any atom is -0.383 e. The Balaban J connectivity index is 2.52. The molecule has 0 bridgehead atoms. The molecule has 0 atom stereocenters. The second kappa shape index (κ2) is 6.22. The molecule has 0 aliphatic rings. The molecule has 0 saturated heterocycles. The Hall–Kier alpha value is -2.32. The highest BCUT2D eigenvalue weighted by atomic mass is 16.6. The molecule has 1 aromatic carbocycles. The van der Waals surface area contributed by atoms with Gasteiger partial charge < -0.3 is 15.0 Å². The monoisotopic (exact) mass is 277 g/mol. The largest absolute Gasteiger partial charge is 0.383 e. The van der Waals surface area contributed by atoms with Crippen molar-refractivity contribution >= 4 is 5.69 Å². The van der Waals surface area contributed by atoms with E-state index in [4.69, 9.17) is 10.5 Å². The first kappa shape index (κ1) is 14.1. The minimum absolute atomic E-state index is 0.0119. The van der Waals surface area contributed by atoms with Crippen molar-refractivity contribution < 1.29 is 9.66 Å². The average Bonchev–Trinajstić information content (AvgIpc) is 2.87. The number of aromatic nitrogens is 3. The van der Waals surface area contributed by atoms with Crippen molar-refractivity contribution in [2.24, 2.45) is 5.73 Å². The summed E-state index contributed by atoms with van der Waals surface area (Å²) < 4.78 is 6.77. The van der Waals surface area contributed by atoms with Crippen molar-refractivity contribution in [1.29, 1.82) is 0 Å². The van der Waals surface area contributed by atoms with E-state index in [1.165, 1.54) is 6.07 Å². The number of nitro groups is 1. The summed E-state index contributed by atoms with van der Waals surface area (Å²) in [6, 6.07) is 6.42. The van der Waals surface area contributed by atoms with Gasteiger partial charge in [0, 0.05) is 19.7 Å². The summed E-state index contributed by atoms with van der Waals surface area (Å²) in [6.07, 6.45) is 0. The molecule has 0 unspecified atom stereocenters. The van der Waals surface area contributed by atoms with Crippen molar-refractivity contribution in [1.82, 2.24) is 14.8 Å². The Morgan fingerprint density at radius 3 is 2.80 bits per heavy atom. The van der Waals surface area contributed by atoms with E-state index in [0.29, 0.717) is 30.4 Å². The van der Waals surface area contributed by atoms with E-state index >= 15 is 0 Å². The van der Waals surface area contributed by atoms with Gasteiger partial charge in [0.25, 0.3) is 5.69 Å². The molecular weight excluding hydrogens is 262 g/mol. The van der Waals surface area contributed by atoms with Crippen LogP contribution in [0.3, 0.4) is 0 Å². The second-order valence-corrected chi connectivity index (χ2v) is 4.06. The van der Waals surface area contributed by atoms with Gasteiger partial charge in [-0.2, -0.15) is 0 Å². The van der Waals surface area contributed by atoms with E-state index in [1.54, 1.807) is 29.9 Å². The fourth-order valence-corrected chi connectivity index (χ4v) is 1.93. The van der Waals surface area contributed by atoms with Crippen LogP contribution in [-0.4, -0.2) is 33.4 Å². The number of methoxy groups -OCH3 is 1. The quantitative estimate of drug-likeness (QED) is 0.622. The summed E-state index contributed by atoms with van der Waals surface area (Å²) >= 11 is 0. The van der Waals surface area contributed by atoms with Crippen LogP contribution in [0.2, 0.25) is 0 Å². The lowest BCUT2D eigenvalue weighted by atomic mass is 10.1. The number of benzene rings is 1. The van der Waals surface area contributed by atoms with Crippen molar-refractivity contribution in [2.75, 3.05) is 13.7 Å². The van der Waals surface area contributed by atoms with Gasteiger partial charge in [-0.25, -0.2) is 0 Å². The van der Waals surface area contributed by atoms with Gasteiger partial charge in [-0.3, -0.25) is 10.1 Å². The van der Waals surface area contributed by atoms with Crippen molar-refractivity contribution in [3.8, 4) is 11.4 Å². The smallest absolute Gasteiger partial charge is 0.280 e. The lowest BCUT2D eigenvalue weighted by Gasteiger charge is -2.09. The third-order valence-electron chi connectivity index (χ3n) is 2.87. The van der Waals surface area contributed by atoms with Crippen LogP contribution in [0.15, 0.2) is 24.3 Å². The molecule has 8 nitrogen and oxygen atoms in total. The van der Waals surface area contributed by atoms with Gasteiger partial charge in [-0.05, 0) is 6.07 Å². The lowest BCUT2D eigenvalue weighted by Crippen LogP contribution is -2.13. The van der Waals surface area contributed by atoms with Crippen LogP contribution >= 0.6 is 0 Å². The summed E-state index contributed by atoms with van der Waals surface area (Å²) in [5, 5.41) is 19.1. The Morgan fingerprint density at radius 1 is 1.40 bits per heavy atom. The molecule has 1 aromatic heterocycles. The van der Waals surface area contributed by atoms with Gasteiger partial charge in [0.15, 0.2) is 5.82 Å². The van der Waals surface area contributed by atoms with E-state index in [1.807, 2.05) is 0 Å². The second-order valence-electron chi connectivity index (χ2n) is 4.06. The van der Waals surface area contributed by atoms with Crippen LogP contribution in [0.4, 0.5) is 5.69 Å². The standard InChI is InChI=1S/C12H15N5O3/c1-20-7-6-16-11(8-13)14-15-12(16)9-4-2-3-5-10(9)17(18)19/h2-5H,6-8,13H2,1H3. The van der Waals surface area contributed by atoms with Crippen molar-refractivity contribution in [3.05, 3.63) is 40.2 Å². The normalized spacial score (nSPS) is 10.7. The first-order valence-corrected chi connectivity index (χ1v) is 6.04. The molecule has 0 saturated carbocycles. The molecule has 8 heteroatoms. The van der Waals surface area contributed by atoms with Gasteiger partial charge in [-0.15, -0.1) is 10.2 Å². The highest BCUT2D eigenvalue weighted by Crippen LogP contribution is 2.28. The SMILES string of the molecule is COCCn1c(CN)nnc1-c1ccccc1[N+](=O)[O-]. The molecule has 2 N–H and O–H groups in total. The predicted molar refractivity (Wildman–Crippen MR) is 71.9 cm³/mol. The number of para-hydroxylation sites is 1. The maximum Gasteiger partial charge on any atom is 0.280 e. The van der Waals surface area contributed by atoms with Crippen molar-refractivity contribution in [3.63, 3.8) is 0 Å². The molecule has 0 spiro atoms. The van der Waals surface area contributed by atoms with Gasteiger partial charge in [0.1, 0.15) is 5.82 Å². The summed E-state index contributed by atoms with van der Waals surface area (Å²) in [5.74, 6) is 0.991. The van der Waals surface area contributed by atoms with Crippen LogP contribution < -0.4 is 5.73 Å².